The summed E-state index contributed by atoms with van der Waals surface area (Å²) in [5.74, 6) is -0.219. The average molecular weight is 377 g/mol. The van der Waals surface area contributed by atoms with Gasteiger partial charge in [-0.2, -0.15) is 0 Å². The van der Waals surface area contributed by atoms with Crippen molar-refractivity contribution in [3.05, 3.63) is 63.1 Å². The first-order valence-corrected chi connectivity index (χ1v) is 8.03. The minimum Gasteiger partial charge on any atom is -0.332 e. The summed E-state index contributed by atoms with van der Waals surface area (Å²) >= 11 is 8.71. The smallest absolute Gasteiger partial charge is 0.257 e. The largest absolute Gasteiger partial charge is 0.332 e. The number of rotatable bonds is 2. The number of aryl methyl sites for hydroxylation is 1. The summed E-state index contributed by atoms with van der Waals surface area (Å²) in [6, 6.07) is 11.2. The van der Waals surface area contributed by atoms with Gasteiger partial charge in [-0.1, -0.05) is 33.6 Å². The molecule has 0 aliphatic rings. The number of benzene rings is 2. The van der Waals surface area contributed by atoms with Gasteiger partial charge >= 0.3 is 0 Å². The van der Waals surface area contributed by atoms with Crippen LogP contribution in [0.25, 0.3) is 0 Å². The Morgan fingerprint density at radius 3 is 2.27 bits per heavy atom. The maximum Gasteiger partial charge on any atom is 0.257 e. The van der Waals surface area contributed by atoms with E-state index in [4.69, 9.17) is 12.2 Å². The lowest BCUT2D eigenvalue weighted by atomic mass is 10.1. The molecule has 0 aromatic heterocycles. The lowest BCUT2D eigenvalue weighted by molar-refractivity contribution is 0.0977. The van der Waals surface area contributed by atoms with Crippen LogP contribution in [0.1, 0.15) is 27.0 Å². The van der Waals surface area contributed by atoms with Gasteiger partial charge < -0.3 is 5.32 Å². The second-order valence-corrected chi connectivity index (χ2v) is 6.38. The normalized spacial score (nSPS) is 10.2. The minimum absolute atomic E-state index is 0.219. The van der Waals surface area contributed by atoms with Crippen LogP contribution in [0.15, 0.2) is 40.9 Å². The van der Waals surface area contributed by atoms with E-state index < -0.39 is 0 Å². The first kappa shape index (κ1) is 16.6. The van der Waals surface area contributed by atoms with Gasteiger partial charge in [0.05, 0.1) is 0 Å². The number of anilines is 1. The van der Waals surface area contributed by atoms with Crippen LogP contribution >= 0.6 is 28.1 Å². The molecule has 0 fully saturated rings. The maximum absolute atomic E-state index is 12.1. The van der Waals surface area contributed by atoms with Crippen molar-refractivity contribution in [1.82, 2.24) is 5.32 Å². The molecule has 22 heavy (non-hydrogen) atoms. The van der Waals surface area contributed by atoms with Crippen molar-refractivity contribution >= 4 is 44.9 Å². The Kier molecular flexibility index (Phi) is 5.32. The fourth-order valence-corrected chi connectivity index (χ4v) is 2.59. The first-order chi connectivity index (χ1) is 10.4. The van der Waals surface area contributed by atoms with Gasteiger partial charge in [-0.15, -0.1) is 0 Å². The molecule has 2 rings (SSSR count). The molecule has 0 unspecified atom stereocenters. The van der Waals surface area contributed by atoms with Gasteiger partial charge in [-0.25, -0.2) is 0 Å². The molecule has 0 atom stereocenters. The molecule has 0 aliphatic heterocycles. The van der Waals surface area contributed by atoms with E-state index in [1.165, 1.54) is 0 Å². The predicted octanol–water partition coefficient (Wildman–Crippen LogP) is 4.50. The monoisotopic (exact) mass is 376 g/mol. The van der Waals surface area contributed by atoms with Gasteiger partial charge in [0, 0.05) is 15.7 Å². The molecular weight excluding hydrogens is 360 g/mol. The van der Waals surface area contributed by atoms with Crippen LogP contribution in [0.4, 0.5) is 5.69 Å². The molecule has 0 aliphatic carbocycles. The highest BCUT2D eigenvalue weighted by atomic mass is 79.9. The number of halogens is 1. The topological polar surface area (TPSA) is 41.1 Å². The zero-order chi connectivity index (χ0) is 16.3. The third-order valence-electron chi connectivity index (χ3n) is 3.51. The predicted molar refractivity (Wildman–Crippen MR) is 98.5 cm³/mol. The average Bonchev–Trinajstić information content (AvgIpc) is 2.48. The summed E-state index contributed by atoms with van der Waals surface area (Å²) in [4.78, 5) is 12.1. The number of hydrogen-bond donors (Lipinski definition) is 2. The molecule has 0 bridgehead atoms. The van der Waals surface area contributed by atoms with Crippen molar-refractivity contribution in [1.29, 1.82) is 0 Å². The molecule has 0 spiro atoms. The summed E-state index contributed by atoms with van der Waals surface area (Å²) in [7, 11) is 0. The van der Waals surface area contributed by atoms with E-state index in [1.54, 1.807) is 12.1 Å². The molecule has 0 saturated heterocycles. The first-order valence-electron chi connectivity index (χ1n) is 6.83. The number of carbonyl (C=O) groups is 1. The number of thiocarbonyl (C=S) groups is 1. The van der Waals surface area contributed by atoms with Crippen LogP contribution < -0.4 is 10.6 Å². The summed E-state index contributed by atoms with van der Waals surface area (Å²) in [5, 5.41) is 6.05. The highest BCUT2D eigenvalue weighted by Gasteiger charge is 2.10. The van der Waals surface area contributed by atoms with E-state index in [0.29, 0.717) is 5.56 Å². The molecule has 114 valence electrons. The SMILES string of the molecule is Cc1ccc(C(=O)NC(=S)Nc2ccc(Br)c(C)c2C)cc1. The van der Waals surface area contributed by atoms with Crippen LogP contribution in [-0.4, -0.2) is 11.0 Å². The second kappa shape index (κ2) is 7.03. The van der Waals surface area contributed by atoms with E-state index in [2.05, 4.69) is 26.6 Å². The maximum atomic E-state index is 12.1. The van der Waals surface area contributed by atoms with E-state index in [9.17, 15) is 4.79 Å². The summed E-state index contributed by atoms with van der Waals surface area (Å²) in [6.45, 7) is 6.01. The van der Waals surface area contributed by atoms with Crippen molar-refractivity contribution in [2.75, 3.05) is 5.32 Å². The highest BCUT2D eigenvalue weighted by molar-refractivity contribution is 9.10. The van der Waals surface area contributed by atoms with E-state index in [0.717, 1.165) is 26.9 Å². The Balaban J connectivity index is 2.06. The standard InChI is InChI=1S/C17H17BrN2OS/c1-10-4-6-13(7-5-10)16(21)20-17(22)19-15-9-8-14(18)11(2)12(15)3/h4-9H,1-3H3,(H2,19,20,21,22). The van der Waals surface area contributed by atoms with Crippen molar-refractivity contribution in [2.45, 2.75) is 20.8 Å². The second-order valence-electron chi connectivity index (χ2n) is 5.12. The zero-order valence-corrected chi connectivity index (χ0v) is 15.1. The highest BCUT2D eigenvalue weighted by Crippen LogP contribution is 2.25. The number of hydrogen-bond acceptors (Lipinski definition) is 2. The summed E-state index contributed by atoms with van der Waals surface area (Å²) in [5.41, 5.74) is 4.80. The van der Waals surface area contributed by atoms with Crippen LogP contribution in [0.2, 0.25) is 0 Å². The Morgan fingerprint density at radius 2 is 1.64 bits per heavy atom. The molecule has 2 aromatic carbocycles. The minimum atomic E-state index is -0.219. The Morgan fingerprint density at radius 1 is 1.00 bits per heavy atom. The molecule has 0 radical (unpaired) electrons. The van der Waals surface area contributed by atoms with Crippen molar-refractivity contribution in [2.24, 2.45) is 0 Å². The fraction of sp³-hybridized carbons (Fsp3) is 0.176. The van der Waals surface area contributed by atoms with Crippen LogP contribution in [-0.2, 0) is 0 Å². The Hall–Kier alpha value is -1.72. The van der Waals surface area contributed by atoms with Gasteiger partial charge in [0.15, 0.2) is 5.11 Å². The molecule has 0 saturated carbocycles. The lowest BCUT2D eigenvalue weighted by Gasteiger charge is -2.14. The van der Waals surface area contributed by atoms with E-state index in [1.807, 2.05) is 45.0 Å². The molecule has 1 amide bonds. The fourth-order valence-electron chi connectivity index (χ4n) is 1.96. The third kappa shape index (κ3) is 3.93. The van der Waals surface area contributed by atoms with Gasteiger partial charge in [-0.3, -0.25) is 10.1 Å². The molecule has 2 N–H and O–H groups in total. The molecular formula is C17H17BrN2OS. The molecule has 2 aromatic rings. The summed E-state index contributed by atoms with van der Waals surface area (Å²) < 4.78 is 1.05. The number of carbonyl (C=O) groups excluding carboxylic acids is 1. The van der Waals surface area contributed by atoms with Crippen LogP contribution in [0, 0.1) is 20.8 Å². The Labute approximate surface area is 144 Å². The van der Waals surface area contributed by atoms with Crippen LogP contribution in [0.5, 0.6) is 0 Å². The van der Waals surface area contributed by atoms with E-state index in [-0.39, 0.29) is 11.0 Å². The summed E-state index contributed by atoms with van der Waals surface area (Å²) in [6.07, 6.45) is 0. The van der Waals surface area contributed by atoms with Gasteiger partial charge in [-0.05, 0) is 68.4 Å². The lowest BCUT2D eigenvalue weighted by Crippen LogP contribution is -2.34. The van der Waals surface area contributed by atoms with Gasteiger partial charge in [0.1, 0.15) is 0 Å². The molecule has 5 heteroatoms. The molecule has 0 heterocycles. The quantitative estimate of drug-likeness (QED) is 0.758. The van der Waals surface area contributed by atoms with Gasteiger partial charge in [0.2, 0.25) is 0 Å². The van der Waals surface area contributed by atoms with Crippen molar-refractivity contribution < 1.29 is 4.79 Å². The van der Waals surface area contributed by atoms with Crippen molar-refractivity contribution in [3.8, 4) is 0 Å². The zero-order valence-electron chi connectivity index (χ0n) is 12.7. The van der Waals surface area contributed by atoms with E-state index >= 15 is 0 Å². The third-order valence-corrected chi connectivity index (χ3v) is 4.57. The van der Waals surface area contributed by atoms with Crippen molar-refractivity contribution in [3.63, 3.8) is 0 Å². The van der Waals surface area contributed by atoms with Crippen LogP contribution in [0.3, 0.4) is 0 Å². The number of amides is 1. The van der Waals surface area contributed by atoms with Gasteiger partial charge in [0.25, 0.3) is 5.91 Å². The molecule has 3 nitrogen and oxygen atoms in total. The Bertz CT molecular complexity index is 726. The number of nitrogens with one attached hydrogen (secondary N) is 2.